The Morgan fingerprint density at radius 1 is 1.17 bits per heavy atom. The Balaban J connectivity index is 1.40. The van der Waals surface area contributed by atoms with Gasteiger partial charge in [-0.3, -0.25) is 9.69 Å². The highest BCUT2D eigenvalue weighted by atomic mass is 19.1. The van der Waals surface area contributed by atoms with Crippen molar-refractivity contribution in [3.05, 3.63) is 71.3 Å². The Bertz CT molecular complexity index is 1020. The molecule has 1 saturated heterocycles. The zero-order chi connectivity index (χ0) is 21.1. The molecule has 0 radical (unpaired) electrons. The number of benzene rings is 1. The summed E-state index contributed by atoms with van der Waals surface area (Å²) in [7, 11) is 0. The molecule has 0 atom stereocenters. The van der Waals surface area contributed by atoms with Crippen molar-refractivity contribution >= 4 is 17.4 Å². The first kappa shape index (κ1) is 20.0. The van der Waals surface area contributed by atoms with Gasteiger partial charge in [0.25, 0.3) is 5.91 Å². The third kappa shape index (κ3) is 4.49. The number of nitrogens with one attached hydrogen (secondary N) is 1. The number of carbonyl (C=O) groups excluding carboxylic acids is 1. The molecule has 3 heterocycles. The SMILES string of the molecule is Cc1nc(CN2CCN(C(=O)c3cccnc3Nc3cccc(F)c3)CC2)oc1C. The van der Waals surface area contributed by atoms with E-state index in [9.17, 15) is 9.18 Å². The van der Waals surface area contributed by atoms with E-state index < -0.39 is 0 Å². The predicted octanol–water partition coefficient (Wildman–Crippen LogP) is 3.53. The molecule has 0 spiro atoms. The molecule has 7 nitrogen and oxygen atoms in total. The van der Waals surface area contributed by atoms with Crippen LogP contribution in [0.25, 0.3) is 0 Å². The van der Waals surface area contributed by atoms with Crippen LogP contribution in [0.2, 0.25) is 0 Å². The lowest BCUT2D eigenvalue weighted by molar-refractivity contribution is 0.0618. The fourth-order valence-electron chi connectivity index (χ4n) is 3.46. The summed E-state index contributed by atoms with van der Waals surface area (Å²) >= 11 is 0. The minimum absolute atomic E-state index is 0.0931. The van der Waals surface area contributed by atoms with Gasteiger partial charge in [0, 0.05) is 38.1 Å². The number of hydrogen-bond donors (Lipinski definition) is 1. The quantitative estimate of drug-likeness (QED) is 0.695. The van der Waals surface area contributed by atoms with Crippen LogP contribution < -0.4 is 5.32 Å². The third-order valence-electron chi connectivity index (χ3n) is 5.22. The van der Waals surface area contributed by atoms with Gasteiger partial charge >= 0.3 is 0 Å². The van der Waals surface area contributed by atoms with Gasteiger partial charge in [-0.15, -0.1) is 0 Å². The van der Waals surface area contributed by atoms with Crippen LogP contribution in [0.1, 0.15) is 27.7 Å². The standard InChI is InChI=1S/C22H24FN5O2/c1-15-16(2)30-20(25-15)14-27-9-11-28(12-10-27)22(29)19-7-4-8-24-21(19)26-18-6-3-5-17(23)13-18/h3-8,13H,9-12,14H2,1-2H3,(H,24,26). The second-order valence-electron chi connectivity index (χ2n) is 7.35. The predicted molar refractivity (Wildman–Crippen MR) is 111 cm³/mol. The number of piperazine rings is 1. The second kappa shape index (κ2) is 8.62. The number of aryl methyl sites for hydroxylation is 2. The molecule has 2 aromatic heterocycles. The molecule has 156 valence electrons. The summed E-state index contributed by atoms with van der Waals surface area (Å²) in [5.74, 6) is 1.52. The lowest BCUT2D eigenvalue weighted by Crippen LogP contribution is -2.48. The Morgan fingerprint density at radius 3 is 2.67 bits per heavy atom. The van der Waals surface area contributed by atoms with Crippen molar-refractivity contribution in [3.8, 4) is 0 Å². The average molecular weight is 409 g/mol. The van der Waals surface area contributed by atoms with Gasteiger partial charge < -0.3 is 14.6 Å². The van der Waals surface area contributed by atoms with E-state index >= 15 is 0 Å². The smallest absolute Gasteiger partial charge is 0.257 e. The highest BCUT2D eigenvalue weighted by Crippen LogP contribution is 2.21. The number of carbonyl (C=O) groups is 1. The zero-order valence-corrected chi connectivity index (χ0v) is 17.1. The molecule has 0 unspecified atom stereocenters. The number of pyridine rings is 1. The van der Waals surface area contributed by atoms with Crippen LogP contribution in [0.4, 0.5) is 15.9 Å². The van der Waals surface area contributed by atoms with E-state index in [4.69, 9.17) is 4.42 Å². The summed E-state index contributed by atoms with van der Waals surface area (Å²) in [6.07, 6.45) is 1.61. The number of anilines is 2. The fourth-order valence-corrected chi connectivity index (χ4v) is 3.46. The molecule has 1 aromatic carbocycles. The summed E-state index contributed by atoms with van der Waals surface area (Å²) in [5, 5.41) is 3.05. The van der Waals surface area contributed by atoms with Crippen molar-refractivity contribution in [2.24, 2.45) is 0 Å². The summed E-state index contributed by atoms with van der Waals surface area (Å²) in [6, 6.07) is 9.55. The molecule has 0 bridgehead atoms. The van der Waals surface area contributed by atoms with Crippen molar-refractivity contribution in [1.29, 1.82) is 0 Å². The number of rotatable bonds is 5. The van der Waals surface area contributed by atoms with Crippen molar-refractivity contribution < 1.29 is 13.6 Å². The lowest BCUT2D eigenvalue weighted by atomic mass is 10.2. The number of amides is 1. The molecular formula is C22H24FN5O2. The number of hydrogen-bond acceptors (Lipinski definition) is 6. The monoisotopic (exact) mass is 409 g/mol. The summed E-state index contributed by atoms with van der Waals surface area (Å²) in [5.41, 5.74) is 1.92. The zero-order valence-electron chi connectivity index (χ0n) is 17.1. The molecule has 0 saturated carbocycles. The van der Waals surface area contributed by atoms with Crippen LogP contribution in [0.3, 0.4) is 0 Å². The minimum atomic E-state index is -0.351. The van der Waals surface area contributed by atoms with Gasteiger partial charge in [0.2, 0.25) is 5.89 Å². The summed E-state index contributed by atoms with van der Waals surface area (Å²) < 4.78 is 19.1. The van der Waals surface area contributed by atoms with Gasteiger partial charge in [-0.2, -0.15) is 0 Å². The van der Waals surface area contributed by atoms with Crippen LogP contribution in [0.5, 0.6) is 0 Å². The average Bonchev–Trinajstić information content (AvgIpc) is 3.05. The maximum atomic E-state index is 13.5. The van der Waals surface area contributed by atoms with Crippen molar-refractivity contribution in [1.82, 2.24) is 19.8 Å². The Hall–Kier alpha value is -3.26. The van der Waals surface area contributed by atoms with Gasteiger partial charge in [0.1, 0.15) is 17.4 Å². The molecule has 1 aliphatic heterocycles. The van der Waals surface area contributed by atoms with Crippen molar-refractivity contribution in [2.45, 2.75) is 20.4 Å². The Labute approximate surface area is 174 Å². The molecule has 4 rings (SSSR count). The van der Waals surface area contributed by atoms with Gasteiger partial charge in [-0.25, -0.2) is 14.4 Å². The summed E-state index contributed by atoms with van der Waals surface area (Å²) in [4.78, 5) is 25.9. The van der Waals surface area contributed by atoms with Crippen LogP contribution >= 0.6 is 0 Å². The van der Waals surface area contributed by atoms with E-state index in [0.29, 0.717) is 42.6 Å². The van der Waals surface area contributed by atoms with E-state index in [1.165, 1.54) is 12.1 Å². The van der Waals surface area contributed by atoms with Gasteiger partial charge in [0.05, 0.1) is 17.8 Å². The number of oxazole rings is 1. The minimum Gasteiger partial charge on any atom is -0.444 e. The molecule has 8 heteroatoms. The lowest BCUT2D eigenvalue weighted by Gasteiger charge is -2.34. The molecule has 1 amide bonds. The first-order chi connectivity index (χ1) is 14.5. The summed E-state index contributed by atoms with van der Waals surface area (Å²) in [6.45, 7) is 7.15. The highest BCUT2D eigenvalue weighted by molar-refractivity contribution is 5.99. The molecule has 0 aliphatic carbocycles. The maximum Gasteiger partial charge on any atom is 0.257 e. The molecule has 3 aromatic rings. The van der Waals surface area contributed by atoms with E-state index in [-0.39, 0.29) is 11.7 Å². The van der Waals surface area contributed by atoms with Crippen LogP contribution in [-0.2, 0) is 6.54 Å². The fraction of sp³-hybridized carbons (Fsp3) is 0.318. The van der Waals surface area contributed by atoms with Crippen molar-refractivity contribution in [3.63, 3.8) is 0 Å². The Morgan fingerprint density at radius 2 is 1.97 bits per heavy atom. The van der Waals surface area contributed by atoms with Crippen LogP contribution in [-0.4, -0.2) is 51.9 Å². The molecule has 1 fully saturated rings. The number of aromatic nitrogens is 2. The van der Waals surface area contributed by atoms with E-state index in [0.717, 1.165) is 24.5 Å². The Kier molecular flexibility index (Phi) is 5.76. The second-order valence-corrected chi connectivity index (χ2v) is 7.35. The van der Waals surface area contributed by atoms with Gasteiger partial charge in [-0.1, -0.05) is 6.07 Å². The third-order valence-corrected chi connectivity index (χ3v) is 5.22. The van der Waals surface area contributed by atoms with Crippen molar-refractivity contribution in [2.75, 3.05) is 31.5 Å². The highest BCUT2D eigenvalue weighted by Gasteiger charge is 2.25. The van der Waals surface area contributed by atoms with Crippen LogP contribution in [0, 0.1) is 19.7 Å². The first-order valence-corrected chi connectivity index (χ1v) is 9.92. The molecular weight excluding hydrogens is 385 g/mol. The molecule has 30 heavy (non-hydrogen) atoms. The molecule has 1 N–H and O–H groups in total. The maximum absolute atomic E-state index is 13.5. The van der Waals surface area contributed by atoms with E-state index in [1.54, 1.807) is 30.5 Å². The van der Waals surface area contributed by atoms with E-state index in [1.807, 2.05) is 18.7 Å². The van der Waals surface area contributed by atoms with Gasteiger partial charge in [0.15, 0.2) is 0 Å². The first-order valence-electron chi connectivity index (χ1n) is 9.92. The van der Waals surface area contributed by atoms with Crippen LogP contribution in [0.15, 0.2) is 47.0 Å². The largest absolute Gasteiger partial charge is 0.444 e. The van der Waals surface area contributed by atoms with Gasteiger partial charge in [-0.05, 0) is 44.2 Å². The number of nitrogens with zero attached hydrogens (tertiary/aromatic N) is 4. The number of halogens is 1. The topological polar surface area (TPSA) is 74.5 Å². The molecule has 1 aliphatic rings. The van der Waals surface area contributed by atoms with E-state index in [2.05, 4.69) is 20.2 Å². The normalized spacial score (nSPS) is 14.7.